The smallest absolute Gasteiger partial charge is 0.315 e. The van der Waals surface area contributed by atoms with Crippen molar-refractivity contribution in [3.8, 4) is 0 Å². The van der Waals surface area contributed by atoms with Crippen LogP contribution in [0.5, 0.6) is 0 Å². The molecule has 2 amide bonds. The summed E-state index contributed by atoms with van der Waals surface area (Å²) < 4.78 is 2.85. The number of aromatic nitrogens is 3. The Morgan fingerprint density at radius 2 is 2.29 bits per heavy atom. The van der Waals surface area contributed by atoms with Crippen LogP contribution < -0.4 is 10.6 Å². The molecule has 0 atom stereocenters. The molecule has 0 fully saturated rings. The maximum atomic E-state index is 11.7. The molecule has 6 nitrogen and oxygen atoms in total. The zero-order chi connectivity index (χ0) is 14.7. The lowest BCUT2D eigenvalue weighted by atomic mass is 10.3. The van der Waals surface area contributed by atoms with E-state index in [9.17, 15) is 4.79 Å². The highest BCUT2D eigenvalue weighted by Gasteiger charge is 2.17. The molecule has 0 unspecified atom stereocenters. The van der Waals surface area contributed by atoms with Crippen LogP contribution in [0.25, 0.3) is 0 Å². The van der Waals surface area contributed by atoms with Crippen LogP contribution in [0.3, 0.4) is 0 Å². The van der Waals surface area contributed by atoms with Crippen molar-refractivity contribution in [1.82, 2.24) is 25.4 Å². The van der Waals surface area contributed by atoms with Gasteiger partial charge in [0.1, 0.15) is 5.82 Å². The van der Waals surface area contributed by atoms with E-state index in [2.05, 4.69) is 25.4 Å². The van der Waals surface area contributed by atoms with Crippen molar-refractivity contribution in [2.45, 2.75) is 32.4 Å². The summed E-state index contributed by atoms with van der Waals surface area (Å²) in [5.41, 5.74) is 0. The van der Waals surface area contributed by atoms with Crippen LogP contribution in [-0.2, 0) is 25.9 Å². The van der Waals surface area contributed by atoms with Crippen LogP contribution in [0.1, 0.15) is 22.9 Å². The Morgan fingerprint density at radius 1 is 1.38 bits per heavy atom. The molecule has 21 heavy (non-hydrogen) atoms. The minimum Gasteiger partial charge on any atom is -0.338 e. The summed E-state index contributed by atoms with van der Waals surface area (Å²) in [6, 6.07) is 3.66. The third kappa shape index (κ3) is 3.54. The second kappa shape index (κ2) is 6.44. The lowest BCUT2D eigenvalue weighted by molar-refractivity contribution is 0.240. The minimum absolute atomic E-state index is 0.187. The van der Waals surface area contributed by atoms with E-state index >= 15 is 0 Å². The van der Waals surface area contributed by atoms with Crippen molar-refractivity contribution < 1.29 is 4.79 Å². The summed E-state index contributed by atoms with van der Waals surface area (Å²) in [6.07, 6.45) is 2.86. The van der Waals surface area contributed by atoms with Crippen molar-refractivity contribution in [3.63, 3.8) is 0 Å². The molecule has 1 aliphatic rings. The number of urea groups is 1. The highest BCUT2D eigenvalue weighted by atomic mass is 35.5. The van der Waals surface area contributed by atoms with Gasteiger partial charge in [-0.3, -0.25) is 0 Å². The normalized spacial score (nSPS) is 13.2. The molecule has 2 N–H and O–H groups in total. The first kappa shape index (κ1) is 14.3. The summed E-state index contributed by atoms with van der Waals surface area (Å²) in [6.45, 7) is 1.93. The van der Waals surface area contributed by atoms with Gasteiger partial charge < -0.3 is 15.2 Å². The molecule has 112 valence electrons. The Hall–Kier alpha value is -1.60. The van der Waals surface area contributed by atoms with Gasteiger partial charge in [-0.1, -0.05) is 11.6 Å². The fraction of sp³-hybridized carbons (Fsp3) is 0.462. The molecule has 0 aliphatic carbocycles. The molecule has 0 radical (unpaired) electrons. The van der Waals surface area contributed by atoms with E-state index in [1.165, 1.54) is 11.3 Å². The topological polar surface area (TPSA) is 71.8 Å². The Balaban J connectivity index is 1.40. The summed E-state index contributed by atoms with van der Waals surface area (Å²) >= 11 is 7.40. The Bertz CT molecular complexity index is 638. The van der Waals surface area contributed by atoms with E-state index in [0.29, 0.717) is 13.1 Å². The molecule has 0 saturated carbocycles. The van der Waals surface area contributed by atoms with E-state index in [-0.39, 0.29) is 6.03 Å². The molecule has 3 rings (SSSR count). The van der Waals surface area contributed by atoms with Gasteiger partial charge in [-0.2, -0.15) is 0 Å². The third-order valence-electron chi connectivity index (χ3n) is 3.38. The van der Waals surface area contributed by atoms with Gasteiger partial charge in [-0.05, 0) is 25.0 Å². The number of nitrogens with one attached hydrogen (secondary N) is 2. The predicted octanol–water partition coefficient (Wildman–Crippen LogP) is 1.98. The van der Waals surface area contributed by atoms with E-state index in [0.717, 1.165) is 46.7 Å². The molecule has 3 heterocycles. The lowest BCUT2D eigenvalue weighted by Crippen LogP contribution is -2.36. The van der Waals surface area contributed by atoms with Crippen LogP contribution >= 0.6 is 22.9 Å². The van der Waals surface area contributed by atoms with Gasteiger partial charge in [0.2, 0.25) is 0 Å². The van der Waals surface area contributed by atoms with Crippen molar-refractivity contribution in [3.05, 3.63) is 33.0 Å². The van der Waals surface area contributed by atoms with Gasteiger partial charge in [0.25, 0.3) is 0 Å². The van der Waals surface area contributed by atoms with E-state index < -0.39 is 0 Å². The van der Waals surface area contributed by atoms with E-state index in [1.54, 1.807) is 0 Å². The summed E-state index contributed by atoms with van der Waals surface area (Å²) in [5.74, 6) is 1.84. The molecule has 1 aliphatic heterocycles. The molecule has 0 spiro atoms. The quantitative estimate of drug-likeness (QED) is 0.883. The minimum atomic E-state index is -0.187. The Morgan fingerprint density at radius 3 is 3.10 bits per heavy atom. The zero-order valence-corrected chi connectivity index (χ0v) is 13.0. The third-order valence-corrected chi connectivity index (χ3v) is 4.67. The zero-order valence-electron chi connectivity index (χ0n) is 11.4. The molecule has 0 saturated heterocycles. The van der Waals surface area contributed by atoms with Crippen molar-refractivity contribution in [2.24, 2.45) is 0 Å². The monoisotopic (exact) mass is 325 g/mol. The first-order valence-corrected chi connectivity index (χ1v) is 8.08. The van der Waals surface area contributed by atoms with Crippen LogP contribution in [-0.4, -0.2) is 27.3 Å². The van der Waals surface area contributed by atoms with Crippen molar-refractivity contribution in [2.75, 3.05) is 6.54 Å². The number of nitrogens with zero attached hydrogens (tertiary/aromatic N) is 3. The Labute approximate surface area is 131 Å². The molecule has 0 aromatic carbocycles. The fourth-order valence-electron chi connectivity index (χ4n) is 2.35. The number of halogens is 1. The average Bonchev–Trinajstić information content (AvgIpc) is 3.14. The van der Waals surface area contributed by atoms with Gasteiger partial charge in [0.15, 0.2) is 5.82 Å². The molecule has 2 aromatic heterocycles. The van der Waals surface area contributed by atoms with Gasteiger partial charge in [0.05, 0.1) is 10.9 Å². The highest BCUT2D eigenvalue weighted by molar-refractivity contribution is 7.16. The van der Waals surface area contributed by atoms with Crippen molar-refractivity contribution >= 4 is 29.0 Å². The van der Waals surface area contributed by atoms with Crippen LogP contribution in [0.2, 0.25) is 4.34 Å². The van der Waals surface area contributed by atoms with Crippen LogP contribution in [0.15, 0.2) is 12.1 Å². The van der Waals surface area contributed by atoms with Crippen LogP contribution in [0.4, 0.5) is 4.79 Å². The summed E-state index contributed by atoms with van der Waals surface area (Å²) in [7, 11) is 0. The largest absolute Gasteiger partial charge is 0.338 e. The van der Waals surface area contributed by atoms with E-state index in [1.807, 2.05) is 12.1 Å². The van der Waals surface area contributed by atoms with Gasteiger partial charge in [-0.25, -0.2) is 4.79 Å². The number of hydrogen-bond donors (Lipinski definition) is 2. The fourth-order valence-corrected chi connectivity index (χ4v) is 3.44. The maximum absolute atomic E-state index is 11.7. The molecular formula is C13H16ClN5OS. The number of rotatable bonds is 5. The number of carbonyl (C=O) groups excluding carboxylic acids is 1. The Kier molecular flexibility index (Phi) is 4.40. The lowest BCUT2D eigenvalue weighted by Gasteiger charge is -2.07. The maximum Gasteiger partial charge on any atom is 0.315 e. The number of amides is 2. The SMILES string of the molecule is O=C(NCCc1ccc(Cl)s1)NCc1nnc2n1CCC2. The number of thiophene rings is 1. The molecule has 0 bridgehead atoms. The number of carbonyl (C=O) groups is 1. The van der Waals surface area contributed by atoms with Gasteiger partial charge in [-0.15, -0.1) is 21.5 Å². The highest BCUT2D eigenvalue weighted by Crippen LogP contribution is 2.21. The molecule has 8 heteroatoms. The van der Waals surface area contributed by atoms with Gasteiger partial charge in [0, 0.05) is 24.4 Å². The first-order valence-electron chi connectivity index (χ1n) is 6.89. The second-order valence-electron chi connectivity index (χ2n) is 4.85. The predicted molar refractivity (Wildman–Crippen MR) is 81.6 cm³/mol. The number of fused-ring (bicyclic) bond motifs is 1. The van der Waals surface area contributed by atoms with Gasteiger partial charge >= 0.3 is 6.03 Å². The first-order chi connectivity index (χ1) is 10.2. The second-order valence-corrected chi connectivity index (χ2v) is 6.65. The molecular weight excluding hydrogens is 310 g/mol. The molecule has 2 aromatic rings. The van der Waals surface area contributed by atoms with Crippen LogP contribution in [0, 0.1) is 0 Å². The summed E-state index contributed by atoms with van der Waals surface area (Å²) in [4.78, 5) is 12.9. The standard InChI is InChI=1S/C13H16ClN5OS/c14-10-4-3-9(21-10)5-6-15-13(20)16-8-12-18-17-11-2-1-7-19(11)12/h3-4H,1-2,5-8H2,(H2,15,16,20). The van der Waals surface area contributed by atoms with Crippen molar-refractivity contribution in [1.29, 1.82) is 0 Å². The summed E-state index contributed by atoms with van der Waals surface area (Å²) in [5, 5.41) is 13.8. The number of hydrogen-bond acceptors (Lipinski definition) is 4. The van der Waals surface area contributed by atoms with E-state index in [4.69, 9.17) is 11.6 Å². The number of aryl methyl sites for hydroxylation is 1. The average molecular weight is 326 g/mol.